The van der Waals surface area contributed by atoms with Gasteiger partial charge in [0.15, 0.2) is 6.10 Å². The van der Waals surface area contributed by atoms with Crippen molar-refractivity contribution in [2.45, 2.75) is 59.2 Å². The lowest BCUT2D eigenvalue weighted by molar-refractivity contribution is -0.153. The van der Waals surface area contributed by atoms with Crippen molar-refractivity contribution in [3.8, 4) is 17.2 Å². The molecule has 0 fully saturated rings. The second-order valence-electron chi connectivity index (χ2n) is 9.70. The predicted molar refractivity (Wildman–Crippen MR) is 137 cm³/mol. The number of aryl methyl sites for hydroxylation is 1. The van der Waals surface area contributed by atoms with Crippen LogP contribution < -0.4 is 4.74 Å². The van der Waals surface area contributed by atoms with Crippen molar-refractivity contribution in [2.24, 2.45) is 0 Å². The summed E-state index contributed by atoms with van der Waals surface area (Å²) in [6.45, 7) is 10.9. The molecule has 0 spiro atoms. The zero-order valence-corrected chi connectivity index (χ0v) is 21.7. The molecule has 0 amide bonds. The molecule has 0 aliphatic rings. The number of hydrogen-bond acceptors (Lipinski definition) is 7. The van der Waals surface area contributed by atoms with Gasteiger partial charge < -0.3 is 23.0 Å². The maximum absolute atomic E-state index is 12.1. The third-order valence-corrected chi connectivity index (χ3v) is 6.15. The van der Waals surface area contributed by atoms with E-state index in [0.717, 1.165) is 22.2 Å². The highest BCUT2D eigenvalue weighted by Gasteiger charge is 2.23. The highest BCUT2D eigenvalue weighted by molar-refractivity contribution is 5.87. The van der Waals surface area contributed by atoms with Gasteiger partial charge in [0.1, 0.15) is 29.4 Å². The first-order valence-corrected chi connectivity index (χ1v) is 12.1. The Morgan fingerprint density at radius 3 is 2.50 bits per heavy atom. The van der Waals surface area contributed by atoms with E-state index in [-0.39, 0.29) is 12.0 Å². The number of methoxy groups -OCH3 is 1. The van der Waals surface area contributed by atoms with Gasteiger partial charge in [0, 0.05) is 18.6 Å². The lowest BCUT2D eigenvalue weighted by atomic mass is 9.87. The molecule has 0 saturated heterocycles. The minimum Gasteiger partial charge on any atom is -0.486 e. The molecule has 0 bridgehead atoms. The molecule has 4 rings (SSSR count). The van der Waals surface area contributed by atoms with E-state index in [1.54, 1.807) is 6.26 Å². The highest BCUT2D eigenvalue weighted by atomic mass is 16.6. The number of aromatic nitrogens is 1. The van der Waals surface area contributed by atoms with Gasteiger partial charge in [0.2, 0.25) is 5.89 Å². The second kappa shape index (κ2) is 10.6. The molecule has 7 heteroatoms. The minimum atomic E-state index is -0.700. The van der Waals surface area contributed by atoms with E-state index in [4.69, 9.17) is 23.0 Å². The Labute approximate surface area is 211 Å². The van der Waals surface area contributed by atoms with Crippen LogP contribution in [0.1, 0.15) is 50.3 Å². The van der Waals surface area contributed by atoms with E-state index in [1.807, 2.05) is 44.2 Å². The molecule has 2 heterocycles. The SMILES string of the molecule is CCOC(Cc1ccc(OCc2nc(-c3ccc(C(C)(C)C)cc3)oc2C)c2ccoc12)C(=O)OC. The Morgan fingerprint density at radius 1 is 1.08 bits per heavy atom. The van der Waals surface area contributed by atoms with Crippen molar-refractivity contribution < 1.29 is 27.8 Å². The van der Waals surface area contributed by atoms with E-state index < -0.39 is 12.1 Å². The quantitative estimate of drug-likeness (QED) is 0.251. The monoisotopic (exact) mass is 491 g/mol. The summed E-state index contributed by atoms with van der Waals surface area (Å²) in [5.74, 6) is 1.52. The third-order valence-electron chi connectivity index (χ3n) is 6.15. The summed E-state index contributed by atoms with van der Waals surface area (Å²) in [6, 6.07) is 13.9. The third kappa shape index (κ3) is 5.46. The molecule has 36 heavy (non-hydrogen) atoms. The van der Waals surface area contributed by atoms with Gasteiger partial charge in [-0.15, -0.1) is 0 Å². The van der Waals surface area contributed by atoms with Crippen molar-refractivity contribution in [2.75, 3.05) is 13.7 Å². The summed E-state index contributed by atoms with van der Waals surface area (Å²) in [4.78, 5) is 16.8. The highest BCUT2D eigenvalue weighted by Crippen LogP contribution is 2.32. The molecule has 2 aromatic carbocycles. The number of benzene rings is 2. The van der Waals surface area contributed by atoms with Gasteiger partial charge in [0.25, 0.3) is 0 Å². The number of nitrogens with zero attached hydrogens (tertiary/aromatic N) is 1. The molecule has 4 aromatic rings. The summed E-state index contributed by atoms with van der Waals surface area (Å²) in [6.07, 6.45) is 1.24. The molecule has 0 radical (unpaired) electrons. The molecule has 1 unspecified atom stereocenters. The van der Waals surface area contributed by atoms with E-state index in [2.05, 4.69) is 37.9 Å². The van der Waals surface area contributed by atoms with E-state index in [1.165, 1.54) is 12.7 Å². The lowest BCUT2D eigenvalue weighted by Crippen LogP contribution is -2.28. The Balaban J connectivity index is 1.51. The standard InChI is InChI=1S/C29H33NO6/c1-7-33-25(28(31)32-6)16-20-10-13-24(22-14-15-34-26(20)22)35-17-23-18(2)36-27(30-23)19-8-11-21(12-9-19)29(3,4)5/h8-15,25H,7,16-17H2,1-6H3. The van der Waals surface area contributed by atoms with Gasteiger partial charge in [0.05, 0.1) is 18.8 Å². The van der Waals surface area contributed by atoms with Crippen LogP contribution in [0, 0.1) is 6.92 Å². The summed E-state index contributed by atoms with van der Waals surface area (Å²) in [5.41, 5.74) is 4.48. The molecule has 0 aliphatic carbocycles. The number of fused-ring (bicyclic) bond motifs is 1. The number of furan rings is 1. The van der Waals surface area contributed by atoms with Crippen molar-refractivity contribution >= 4 is 16.9 Å². The number of ether oxygens (including phenoxy) is 3. The van der Waals surface area contributed by atoms with Gasteiger partial charge in [-0.05, 0) is 54.7 Å². The second-order valence-corrected chi connectivity index (χ2v) is 9.70. The molecule has 7 nitrogen and oxygen atoms in total. The number of carbonyl (C=O) groups excluding carboxylic acids is 1. The number of oxazole rings is 1. The number of esters is 1. The molecular weight excluding hydrogens is 458 g/mol. The molecule has 0 N–H and O–H groups in total. The number of carbonyl (C=O) groups is 1. The Bertz CT molecular complexity index is 1330. The molecule has 1 atom stereocenters. The topological polar surface area (TPSA) is 83.9 Å². The normalized spacial score (nSPS) is 12.6. The van der Waals surface area contributed by atoms with Gasteiger partial charge >= 0.3 is 5.97 Å². The molecule has 190 valence electrons. The van der Waals surface area contributed by atoms with Gasteiger partial charge in [-0.25, -0.2) is 9.78 Å². The lowest BCUT2D eigenvalue weighted by Gasteiger charge is -2.18. The number of hydrogen-bond donors (Lipinski definition) is 0. The molecule has 0 aliphatic heterocycles. The van der Waals surface area contributed by atoms with Crippen LogP contribution in [0.4, 0.5) is 0 Å². The van der Waals surface area contributed by atoms with E-state index in [9.17, 15) is 4.79 Å². The van der Waals surface area contributed by atoms with E-state index in [0.29, 0.717) is 36.0 Å². The Kier molecular flexibility index (Phi) is 7.50. The smallest absolute Gasteiger partial charge is 0.335 e. The van der Waals surface area contributed by atoms with Crippen LogP contribution >= 0.6 is 0 Å². The van der Waals surface area contributed by atoms with Crippen LogP contribution in [0.2, 0.25) is 0 Å². The van der Waals surface area contributed by atoms with Crippen LogP contribution in [0.25, 0.3) is 22.4 Å². The first kappa shape index (κ1) is 25.5. The minimum absolute atomic E-state index is 0.0846. The van der Waals surface area contributed by atoms with Crippen LogP contribution in [0.5, 0.6) is 5.75 Å². The van der Waals surface area contributed by atoms with Crippen LogP contribution in [-0.4, -0.2) is 30.8 Å². The predicted octanol–water partition coefficient (Wildman–Crippen LogP) is 6.39. The van der Waals surface area contributed by atoms with Gasteiger partial charge in [-0.1, -0.05) is 39.0 Å². The molecule has 2 aromatic heterocycles. The van der Waals surface area contributed by atoms with E-state index >= 15 is 0 Å². The Hall–Kier alpha value is -3.58. The first-order chi connectivity index (χ1) is 17.2. The van der Waals surface area contributed by atoms with Gasteiger partial charge in [-0.2, -0.15) is 0 Å². The van der Waals surface area contributed by atoms with Crippen LogP contribution in [-0.2, 0) is 32.7 Å². The maximum atomic E-state index is 12.1. The first-order valence-electron chi connectivity index (χ1n) is 12.1. The van der Waals surface area contributed by atoms with Crippen molar-refractivity contribution in [3.63, 3.8) is 0 Å². The largest absolute Gasteiger partial charge is 0.486 e. The van der Waals surface area contributed by atoms with Crippen molar-refractivity contribution in [1.82, 2.24) is 4.98 Å². The Morgan fingerprint density at radius 2 is 1.83 bits per heavy atom. The number of rotatable bonds is 9. The fourth-order valence-electron chi connectivity index (χ4n) is 4.07. The van der Waals surface area contributed by atoms with Crippen molar-refractivity contribution in [1.29, 1.82) is 0 Å². The average Bonchev–Trinajstić information content (AvgIpc) is 3.49. The van der Waals surface area contributed by atoms with Crippen LogP contribution in [0.3, 0.4) is 0 Å². The zero-order valence-electron chi connectivity index (χ0n) is 21.7. The summed E-state index contributed by atoms with van der Waals surface area (Å²) in [5, 5.41) is 0.812. The average molecular weight is 492 g/mol. The summed E-state index contributed by atoms with van der Waals surface area (Å²) < 4.78 is 28.2. The van der Waals surface area contributed by atoms with Gasteiger partial charge in [-0.3, -0.25) is 0 Å². The summed E-state index contributed by atoms with van der Waals surface area (Å²) in [7, 11) is 1.35. The molecular formula is C29H33NO6. The molecule has 0 saturated carbocycles. The van der Waals surface area contributed by atoms with Crippen molar-refractivity contribution in [3.05, 3.63) is 71.3 Å². The maximum Gasteiger partial charge on any atom is 0.335 e. The summed E-state index contributed by atoms with van der Waals surface area (Å²) >= 11 is 0. The zero-order chi connectivity index (χ0) is 25.9. The van der Waals surface area contributed by atoms with Crippen LogP contribution in [0.15, 0.2) is 57.6 Å². The fourth-order valence-corrected chi connectivity index (χ4v) is 4.07. The fraction of sp³-hybridized carbons (Fsp3) is 0.379.